The van der Waals surface area contributed by atoms with Crippen molar-refractivity contribution in [1.82, 2.24) is 4.98 Å². The normalized spacial score (nSPS) is 11.5. The van der Waals surface area contributed by atoms with Gasteiger partial charge in [-0.1, -0.05) is 24.3 Å². The highest BCUT2D eigenvalue weighted by Gasteiger charge is 2.15. The van der Waals surface area contributed by atoms with Crippen molar-refractivity contribution in [3.63, 3.8) is 0 Å². The molecular weight excluding hydrogens is 372 g/mol. The average Bonchev–Trinajstić information content (AvgIpc) is 2.62. The maximum Gasteiger partial charge on any atom is 0.251 e. The number of hydrogen-bond donors (Lipinski definition) is 2. The summed E-state index contributed by atoms with van der Waals surface area (Å²) in [4.78, 5) is 15.8. The number of benzene rings is 2. The van der Waals surface area contributed by atoms with E-state index in [2.05, 4.69) is 4.98 Å². The summed E-state index contributed by atoms with van der Waals surface area (Å²) in [6, 6.07) is 13.3. The number of carbonyl (C=O) groups excluding carboxylic acids is 1. The molecule has 0 fully saturated rings. The van der Waals surface area contributed by atoms with Crippen LogP contribution in [0.1, 0.15) is 27.7 Å². The van der Waals surface area contributed by atoms with Crippen molar-refractivity contribution in [3.05, 3.63) is 89.2 Å². The van der Waals surface area contributed by atoms with Crippen LogP contribution in [0.25, 0.3) is 11.1 Å². The van der Waals surface area contributed by atoms with E-state index in [1.54, 1.807) is 36.5 Å². The molecule has 27 heavy (non-hydrogen) atoms. The highest BCUT2D eigenvalue weighted by Crippen LogP contribution is 2.27. The molecule has 1 unspecified atom stereocenters. The number of amides is 1. The van der Waals surface area contributed by atoms with Crippen LogP contribution < -0.4 is 11.5 Å². The number of carbonyl (C=O) groups is 1. The number of primary amides is 1. The zero-order valence-electron chi connectivity index (χ0n) is 14.2. The molecule has 1 atom stereocenters. The van der Waals surface area contributed by atoms with Gasteiger partial charge in [0.25, 0.3) is 5.91 Å². The molecule has 3 rings (SSSR count). The number of pyridine rings is 1. The molecule has 0 radical (unpaired) electrons. The molecule has 0 saturated carbocycles. The quantitative estimate of drug-likeness (QED) is 0.696. The Kier molecular flexibility index (Phi) is 6.60. The molecule has 4 nitrogen and oxygen atoms in total. The van der Waals surface area contributed by atoms with Crippen LogP contribution in [0.2, 0.25) is 0 Å². The summed E-state index contributed by atoms with van der Waals surface area (Å²) in [5.41, 5.74) is 13.9. The highest BCUT2D eigenvalue weighted by atomic mass is 35.5. The summed E-state index contributed by atoms with van der Waals surface area (Å²) in [7, 11) is 0. The summed E-state index contributed by atoms with van der Waals surface area (Å²) in [5.74, 6) is -1.88. The number of halogens is 3. The number of nitrogens with zero attached hydrogens (tertiary/aromatic N) is 1. The number of nitrogens with two attached hydrogens (primary N) is 2. The molecule has 4 N–H and O–H groups in total. The van der Waals surface area contributed by atoms with Crippen LogP contribution in [-0.2, 0) is 6.42 Å². The van der Waals surface area contributed by atoms with Gasteiger partial charge in [-0.05, 0) is 41.5 Å². The van der Waals surface area contributed by atoms with Crippen LogP contribution in [0, 0.1) is 11.6 Å². The summed E-state index contributed by atoms with van der Waals surface area (Å²) in [5, 5.41) is 0. The Morgan fingerprint density at radius 3 is 2.56 bits per heavy atom. The molecule has 0 aliphatic heterocycles. The minimum atomic E-state index is -0.841. The fraction of sp³-hybridized carbons (Fsp3) is 0.100. The van der Waals surface area contributed by atoms with Gasteiger partial charge in [0.1, 0.15) is 11.6 Å². The second-order valence-electron chi connectivity index (χ2n) is 5.92. The molecule has 2 aromatic carbocycles. The van der Waals surface area contributed by atoms with Crippen LogP contribution >= 0.6 is 12.4 Å². The first kappa shape index (κ1) is 20.5. The topological polar surface area (TPSA) is 82.0 Å². The molecule has 1 amide bonds. The minimum absolute atomic E-state index is 0. The second kappa shape index (κ2) is 8.70. The Hall–Kier alpha value is -2.83. The molecule has 140 valence electrons. The smallest absolute Gasteiger partial charge is 0.251 e. The van der Waals surface area contributed by atoms with Gasteiger partial charge in [0.2, 0.25) is 0 Å². The molecule has 0 saturated heterocycles. The lowest BCUT2D eigenvalue weighted by atomic mass is 9.95. The van der Waals surface area contributed by atoms with E-state index in [1.807, 2.05) is 0 Å². The van der Waals surface area contributed by atoms with E-state index in [0.29, 0.717) is 28.8 Å². The summed E-state index contributed by atoms with van der Waals surface area (Å²) >= 11 is 0. The van der Waals surface area contributed by atoms with Crippen molar-refractivity contribution in [2.75, 3.05) is 0 Å². The Morgan fingerprint density at radius 2 is 1.85 bits per heavy atom. The largest absolute Gasteiger partial charge is 0.366 e. The first-order valence-electron chi connectivity index (χ1n) is 8.00. The van der Waals surface area contributed by atoms with Crippen molar-refractivity contribution in [3.8, 4) is 11.1 Å². The fourth-order valence-corrected chi connectivity index (χ4v) is 2.81. The van der Waals surface area contributed by atoms with Crippen molar-refractivity contribution in [2.24, 2.45) is 11.5 Å². The first-order valence-corrected chi connectivity index (χ1v) is 8.00. The SMILES string of the molecule is Cl.NC(=O)c1cc(-c2cccnc2CC(N)c2cccc(F)c2)ccc1F. The van der Waals surface area contributed by atoms with E-state index >= 15 is 0 Å². The van der Waals surface area contributed by atoms with Crippen LogP contribution in [0.3, 0.4) is 0 Å². The van der Waals surface area contributed by atoms with E-state index in [4.69, 9.17) is 11.5 Å². The van der Waals surface area contributed by atoms with E-state index in [1.165, 1.54) is 24.3 Å². The maximum absolute atomic E-state index is 13.7. The van der Waals surface area contributed by atoms with Crippen molar-refractivity contribution >= 4 is 18.3 Å². The lowest BCUT2D eigenvalue weighted by molar-refractivity contribution is 0.0996. The third-order valence-corrected chi connectivity index (χ3v) is 4.12. The molecule has 3 aromatic rings. The fourth-order valence-electron chi connectivity index (χ4n) is 2.81. The molecule has 0 spiro atoms. The van der Waals surface area contributed by atoms with Gasteiger partial charge in [0.05, 0.1) is 11.3 Å². The summed E-state index contributed by atoms with van der Waals surface area (Å²) in [6.45, 7) is 0. The maximum atomic E-state index is 13.7. The van der Waals surface area contributed by atoms with E-state index in [-0.39, 0.29) is 23.8 Å². The Morgan fingerprint density at radius 1 is 1.07 bits per heavy atom. The standard InChI is InChI=1S/C20H17F2N3O.ClH/c21-14-4-1-3-13(9-14)18(23)11-19-15(5-2-8-25-19)12-6-7-17(22)16(10-12)20(24)26;/h1-10,18H,11,23H2,(H2,24,26);1H. The molecule has 7 heteroatoms. The van der Waals surface area contributed by atoms with Gasteiger partial charge in [0, 0.05) is 24.2 Å². The first-order chi connectivity index (χ1) is 12.5. The van der Waals surface area contributed by atoms with Crippen molar-refractivity contribution in [1.29, 1.82) is 0 Å². The summed E-state index contributed by atoms with van der Waals surface area (Å²) in [6.07, 6.45) is 1.97. The highest BCUT2D eigenvalue weighted by molar-refractivity contribution is 5.94. The van der Waals surface area contributed by atoms with Crippen molar-refractivity contribution < 1.29 is 13.6 Å². The van der Waals surface area contributed by atoms with Gasteiger partial charge in [-0.2, -0.15) is 0 Å². The predicted octanol–water partition coefficient (Wildman–Crippen LogP) is 3.79. The summed E-state index contributed by atoms with van der Waals surface area (Å²) < 4.78 is 27.2. The monoisotopic (exact) mass is 389 g/mol. The average molecular weight is 390 g/mol. The lowest BCUT2D eigenvalue weighted by Gasteiger charge is -2.15. The van der Waals surface area contributed by atoms with Crippen molar-refractivity contribution in [2.45, 2.75) is 12.5 Å². The van der Waals surface area contributed by atoms with Crippen LogP contribution in [-0.4, -0.2) is 10.9 Å². The lowest BCUT2D eigenvalue weighted by Crippen LogP contribution is -2.15. The third-order valence-electron chi connectivity index (χ3n) is 4.12. The number of aromatic nitrogens is 1. The van der Waals surface area contributed by atoms with Crippen LogP contribution in [0.5, 0.6) is 0 Å². The van der Waals surface area contributed by atoms with Crippen LogP contribution in [0.4, 0.5) is 8.78 Å². The number of rotatable bonds is 5. The minimum Gasteiger partial charge on any atom is -0.366 e. The Bertz CT molecular complexity index is 965. The van der Waals surface area contributed by atoms with Gasteiger partial charge < -0.3 is 11.5 Å². The molecule has 1 heterocycles. The molecule has 0 aliphatic carbocycles. The van der Waals surface area contributed by atoms with Gasteiger partial charge in [-0.25, -0.2) is 8.78 Å². The Labute approximate surface area is 161 Å². The van der Waals surface area contributed by atoms with Gasteiger partial charge in [-0.15, -0.1) is 12.4 Å². The zero-order valence-corrected chi connectivity index (χ0v) is 15.0. The Balaban J connectivity index is 0.00000261. The third kappa shape index (κ3) is 4.67. The van der Waals surface area contributed by atoms with Gasteiger partial charge in [-0.3, -0.25) is 9.78 Å². The van der Waals surface area contributed by atoms with Gasteiger partial charge >= 0.3 is 0 Å². The second-order valence-corrected chi connectivity index (χ2v) is 5.92. The van der Waals surface area contributed by atoms with Gasteiger partial charge in [0.15, 0.2) is 0 Å². The van der Waals surface area contributed by atoms with E-state index in [0.717, 1.165) is 0 Å². The molecular formula is C20H18ClF2N3O. The van der Waals surface area contributed by atoms with Crippen LogP contribution in [0.15, 0.2) is 60.8 Å². The van der Waals surface area contributed by atoms with E-state index < -0.39 is 17.8 Å². The number of hydrogen-bond acceptors (Lipinski definition) is 3. The molecule has 1 aromatic heterocycles. The molecule has 0 aliphatic rings. The molecule has 0 bridgehead atoms. The van der Waals surface area contributed by atoms with E-state index in [9.17, 15) is 13.6 Å². The predicted molar refractivity (Wildman–Crippen MR) is 102 cm³/mol. The zero-order chi connectivity index (χ0) is 18.7.